The molecule has 1 amide bonds. The van der Waals surface area contributed by atoms with Gasteiger partial charge in [0.05, 0.1) is 11.3 Å². The molecule has 1 atom stereocenters. The van der Waals surface area contributed by atoms with Crippen LogP contribution in [0.1, 0.15) is 86.4 Å². The van der Waals surface area contributed by atoms with Gasteiger partial charge in [0.1, 0.15) is 12.4 Å². The Morgan fingerprint density at radius 3 is 2.12 bits per heavy atom. The number of pyridine rings is 1. The Balaban J connectivity index is 1.73. The first-order valence-corrected chi connectivity index (χ1v) is 14.4. The number of aliphatic carboxylic acids is 1. The molecule has 1 saturated heterocycles. The van der Waals surface area contributed by atoms with E-state index >= 15 is 0 Å². The molecule has 1 unspecified atom stereocenters. The van der Waals surface area contributed by atoms with E-state index in [0.717, 1.165) is 54.0 Å². The maximum atomic E-state index is 12.7. The lowest BCUT2D eigenvalue weighted by atomic mass is 9.82. The maximum Gasteiger partial charge on any atom is 0.337 e. The third kappa shape index (κ3) is 7.29. The molecule has 224 valence electrons. The number of carboxylic acid groups (broad SMARTS) is 1. The molecule has 3 N–H and O–H groups in total. The van der Waals surface area contributed by atoms with Crippen molar-refractivity contribution < 1.29 is 24.2 Å². The van der Waals surface area contributed by atoms with E-state index in [-0.39, 0.29) is 5.41 Å². The van der Waals surface area contributed by atoms with Gasteiger partial charge in [-0.1, -0.05) is 38.1 Å². The lowest BCUT2D eigenvalue weighted by Gasteiger charge is -2.41. The molecule has 2 heterocycles. The first-order chi connectivity index (χ1) is 19.6. The quantitative estimate of drug-likeness (QED) is 0.296. The number of carboxylic acids is 1. The molecular formula is C34H43N3O5. The number of aryl methyl sites for hydroxylation is 2. The Morgan fingerprint density at radius 1 is 1.00 bits per heavy atom. The minimum absolute atomic E-state index is 0.223. The Bertz CT molecular complexity index is 1430. The highest BCUT2D eigenvalue weighted by atomic mass is 16.5. The molecule has 1 aromatic heterocycles. The molecule has 3 aromatic rings. The number of amides is 1. The lowest BCUT2D eigenvalue weighted by Crippen LogP contribution is -2.39. The summed E-state index contributed by atoms with van der Waals surface area (Å²) in [5.74, 6) is -0.804. The first kappa shape index (κ1) is 31.0. The van der Waals surface area contributed by atoms with Crippen LogP contribution in [0.3, 0.4) is 0 Å². The predicted molar refractivity (Wildman–Crippen MR) is 165 cm³/mol. The molecule has 1 aliphatic rings. The average Bonchev–Trinajstić information content (AvgIpc) is 2.91. The monoisotopic (exact) mass is 573 g/mol. The molecule has 0 spiro atoms. The van der Waals surface area contributed by atoms with Gasteiger partial charge in [0.25, 0.3) is 0 Å². The zero-order valence-corrected chi connectivity index (χ0v) is 25.8. The fourth-order valence-electron chi connectivity index (χ4n) is 5.40. The SMILES string of the molecule is Cc1nc(C)c(C(OC(C)(C)C)C(=O)O)c(N2CCC(C)(C)CC2)c1-c1ccc(OCc2ccc(C(N)=O)cc2)cc1. The molecule has 4 rings (SSSR count). The van der Waals surface area contributed by atoms with Gasteiger partial charge in [-0.2, -0.15) is 0 Å². The van der Waals surface area contributed by atoms with Crippen molar-refractivity contribution in [2.75, 3.05) is 18.0 Å². The van der Waals surface area contributed by atoms with Crippen molar-refractivity contribution in [3.8, 4) is 16.9 Å². The number of carbonyl (C=O) groups excluding carboxylic acids is 1. The molecule has 1 aliphatic heterocycles. The van der Waals surface area contributed by atoms with Crippen molar-refractivity contribution in [1.29, 1.82) is 0 Å². The summed E-state index contributed by atoms with van der Waals surface area (Å²) < 4.78 is 12.2. The van der Waals surface area contributed by atoms with E-state index in [1.165, 1.54) is 0 Å². The third-order valence-electron chi connectivity index (χ3n) is 7.76. The fourth-order valence-corrected chi connectivity index (χ4v) is 5.40. The summed E-state index contributed by atoms with van der Waals surface area (Å²) in [4.78, 5) is 31.2. The number of aromatic nitrogens is 1. The molecule has 42 heavy (non-hydrogen) atoms. The van der Waals surface area contributed by atoms with Crippen LogP contribution in [0.2, 0.25) is 0 Å². The van der Waals surface area contributed by atoms with E-state index in [1.54, 1.807) is 12.1 Å². The molecule has 0 bridgehead atoms. The molecule has 0 saturated carbocycles. The molecular weight excluding hydrogens is 530 g/mol. The summed E-state index contributed by atoms with van der Waals surface area (Å²) in [5.41, 5.74) is 11.1. The van der Waals surface area contributed by atoms with Gasteiger partial charge in [-0.05, 0) is 88.3 Å². The van der Waals surface area contributed by atoms with Crippen LogP contribution in [-0.4, -0.2) is 40.7 Å². The summed E-state index contributed by atoms with van der Waals surface area (Å²) in [7, 11) is 0. The molecule has 1 fully saturated rings. The Morgan fingerprint density at radius 2 is 1.60 bits per heavy atom. The van der Waals surface area contributed by atoms with Gasteiger partial charge < -0.3 is 25.2 Å². The van der Waals surface area contributed by atoms with Crippen molar-refractivity contribution in [3.63, 3.8) is 0 Å². The number of nitrogens with two attached hydrogens (primary N) is 1. The molecule has 0 aliphatic carbocycles. The minimum Gasteiger partial charge on any atom is -0.489 e. The summed E-state index contributed by atoms with van der Waals surface area (Å²) in [6, 6.07) is 14.8. The van der Waals surface area contributed by atoms with Crippen LogP contribution < -0.4 is 15.4 Å². The van der Waals surface area contributed by atoms with Gasteiger partial charge in [0.2, 0.25) is 5.91 Å². The molecule has 2 aromatic carbocycles. The summed E-state index contributed by atoms with van der Waals surface area (Å²) >= 11 is 0. The first-order valence-electron chi connectivity index (χ1n) is 14.4. The number of ether oxygens (including phenoxy) is 2. The van der Waals surface area contributed by atoms with Crippen LogP contribution in [-0.2, 0) is 16.1 Å². The van der Waals surface area contributed by atoms with Crippen LogP contribution >= 0.6 is 0 Å². The van der Waals surface area contributed by atoms with Crippen LogP contribution in [0.5, 0.6) is 5.75 Å². The Labute approximate surface area is 248 Å². The Kier molecular flexibility index (Phi) is 8.97. The topological polar surface area (TPSA) is 115 Å². The van der Waals surface area contributed by atoms with Crippen molar-refractivity contribution in [2.45, 2.75) is 79.6 Å². The van der Waals surface area contributed by atoms with Gasteiger partial charge >= 0.3 is 5.97 Å². The van der Waals surface area contributed by atoms with Gasteiger partial charge in [-0.3, -0.25) is 9.78 Å². The van der Waals surface area contributed by atoms with Gasteiger partial charge in [0.15, 0.2) is 6.10 Å². The van der Waals surface area contributed by atoms with Crippen molar-refractivity contribution in [1.82, 2.24) is 4.98 Å². The van der Waals surface area contributed by atoms with Crippen LogP contribution in [0.15, 0.2) is 48.5 Å². The van der Waals surface area contributed by atoms with Crippen molar-refractivity contribution in [2.24, 2.45) is 11.1 Å². The maximum absolute atomic E-state index is 12.7. The van der Waals surface area contributed by atoms with Crippen LogP contribution in [0.25, 0.3) is 11.1 Å². The highest BCUT2D eigenvalue weighted by Gasteiger charge is 2.36. The van der Waals surface area contributed by atoms with E-state index < -0.39 is 23.6 Å². The van der Waals surface area contributed by atoms with Crippen LogP contribution in [0.4, 0.5) is 5.69 Å². The standard InChI is InChI=1S/C34H43N3O5/c1-21-27(24-12-14-26(15-13-24)41-20-23-8-10-25(11-9-23)31(35)38)29(37-18-16-34(6,7)17-19-37)28(22(2)36-21)30(32(39)40)42-33(3,4)5/h8-15,30H,16-20H2,1-7H3,(H2,35,38)(H,39,40). The summed E-state index contributed by atoms with van der Waals surface area (Å²) in [5, 5.41) is 10.4. The van der Waals surface area contributed by atoms with E-state index in [2.05, 4.69) is 18.7 Å². The van der Waals surface area contributed by atoms with E-state index in [1.807, 2.05) is 71.0 Å². The van der Waals surface area contributed by atoms with Gasteiger partial charge in [-0.15, -0.1) is 0 Å². The predicted octanol–water partition coefficient (Wildman–Crippen LogP) is 6.61. The van der Waals surface area contributed by atoms with E-state index in [4.69, 9.17) is 20.2 Å². The molecule has 8 heteroatoms. The number of piperidine rings is 1. The van der Waals surface area contributed by atoms with Gasteiger partial charge in [0, 0.05) is 41.2 Å². The Hall–Kier alpha value is -3.91. The number of rotatable bonds is 9. The third-order valence-corrected chi connectivity index (χ3v) is 7.76. The zero-order valence-electron chi connectivity index (χ0n) is 25.8. The highest BCUT2D eigenvalue weighted by molar-refractivity contribution is 5.92. The van der Waals surface area contributed by atoms with Crippen molar-refractivity contribution >= 4 is 17.6 Å². The number of nitrogens with zero attached hydrogens (tertiary/aromatic N) is 2. The normalized spacial score (nSPS) is 15.7. The number of primary amides is 1. The van der Waals surface area contributed by atoms with E-state index in [0.29, 0.717) is 29.2 Å². The fraction of sp³-hybridized carbons (Fsp3) is 0.441. The average molecular weight is 574 g/mol. The molecule has 0 radical (unpaired) electrons. The second-order valence-corrected chi connectivity index (χ2v) is 12.9. The largest absolute Gasteiger partial charge is 0.489 e. The summed E-state index contributed by atoms with van der Waals surface area (Å²) in [6.45, 7) is 16.0. The molecule has 8 nitrogen and oxygen atoms in total. The number of carbonyl (C=O) groups is 2. The van der Waals surface area contributed by atoms with Crippen molar-refractivity contribution in [3.05, 3.63) is 76.6 Å². The number of benzene rings is 2. The number of hydrogen-bond acceptors (Lipinski definition) is 6. The lowest BCUT2D eigenvalue weighted by molar-refractivity contribution is -0.160. The second-order valence-electron chi connectivity index (χ2n) is 12.9. The number of hydrogen-bond donors (Lipinski definition) is 2. The van der Waals surface area contributed by atoms with Crippen LogP contribution in [0, 0.1) is 19.3 Å². The second kappa shape index (κ2) is 12.1. The van der Waals surface area contributed by atoms with E-state index in [9.17, 15) is 14.7 Å². The summed E-state index contributed by atoms with van der Waals surface area (Å²) in [6.07, 6.45) is 0.833. The minimum atomic E-state index is -1.16. The number of anilines is 1. The van der Waals surface area contributed by atoms with Gasteiger partial charge in [-0.25, -0.2) is 4.79 Å². The zero-order chi connectivity index (χ0) is 30.8. The smallest absolute Gasteiger partial charge is 0.337 e. The highest BCUT2D eigenvalue weighted by Crippen LogP contribution is 2.45.